The Kier molecular flexibility index (Phi) is 2.47. The average Bonchev–Trinajstić information content (AvgIpc) is 3.06. The Bertz CT molecular complexity index is 485. The minimum absolute atomic E-state index is 0.0641. The van der Waals surface area contributed by atoms with Crippen LogP contribution in [-0.2, 0) is 0 Å². The monoisotopic (exact) mass is 253 g/mol. The average molecular weight is 254 g/mol. The van der Waals surface area contributed by atoms with E-state index in [0.29, 0.717) is 18.5 Å². The van der Waals surface area contributed by atoms with Gasteiger partial charge < -0.3 is 10.6 Å². The molecule has 0 spiro atoms. The molecule has 1 aromatic rings. The molecule has 0 aromatic heterocycles. The second kappa shape index (κ2) is 3.88. The van der Waals surface area contributed by atoms with E-state index in [1.165, 1.54) is 6.07 Å². The first-order valence-electron chi connectivity index (χ1n) is 5.70. The van der Waals surface area contributed by atoms with Gasteiger partial charge in [0.2, 0.25) is 0 Å². The molecule has 1 aliphatic heterocycles. The fourth-order valence-corrected chi connectivity index (χ4v) is 2.41. The SMILES string of the molecule is NC1=NCC(c2ccc(Cl)c(F)c2)N1C1CC1. The molecule has 0 radical (unpaired) electrons. The van der Waals surface area contributed by atoms with Gasteiger partial charge in [0.05, 0.1) is 17.6 Å². The van der Waals surface area contributed by atoms with Crippen LogP contribution in [-0.4, -0.2) is 23.4 Å². The molecule has 1 aliphatic carbocycles. The summed E-state index contributed by atoms with van der Waals surface area (Å²) in [6, 6.07) is 5.46. The van der Waals surface area contributed by atoms with Crippen LogP contribution in [0.15, 0.2) is 23.2 Å². The molecular weight excluding hydrogens is 241 g/mol. The maximum absolute atomic E-state index is 13.5. The zero-order valence-electron chi connectivity index (χ0n) is 9.24. The number of rotatable bonds is 2. The van der Waals surface area contributed by atoms with Crippen molar-refractivity contribution in [2.24, 2.45) is 10.7 Å². The third-order valence-electron chi connectivity index (χ3n) is 3.30. The first-order chi connectivity index (χ1) is 8.16. The van der Waals surface area contributed by atoms with E-state index in [0.717, 1.165) is 18.4 Å². The Morgan fingerprint density at radius 3 is 2.82 bits per heavy atom. The molecule has 1 atom stereocenters. The first kappa shape index (κ1) is 10.8. The van der Waals surface area contributed by atoms with Gasteiger partial charge >= 0.3 is 0 Å². The number of nitrogens with two attached hydrogens (primary N) is 1. The van der Waals surface area contributed by atoms with Crippen molar-refractivity contribution in [3.05, 3.63) is 34.6 Å². The van der Waals surface area contributed by atoms with Crippen molar-refractivity contribution >= 4 is 17.6 Å². The normalized spacial score (nSPS) is 24.0. The minimum Gasteiger partial charge on any atom is -0.370 e. The van der Waals surface area contributed by atoms with Crippen molar-refractivity contribution in [1.29, 1.82) is 0 Å². The largest absolute Gasteiger partial charge is 0.370 e. The van der Waals surface area contributed by atoms with Crippen molar-refractivity contribution < 1.29 is 4.39 Å². The summed E-state index contributed by atoms with van der Waals surface area (Å²) in [5, 5.41) is 0.151. The summed E-state index contributed by atoms with van der Waals surface area (Å²) in [7, 11) is 0. The molecule has 0 amide bonds. The van der Waals surface area contributed by atoms with Gasteiger partial charge in [-0.15, -0.1) is 0 Å². The number of halogens is 2. The predicted molar refractivity (Wildman–Crippen MR) is 65.5 cm³/mol. The lowest BCUT2D eigenvalue weighted by molar-refractivity contribution is 0.337. The van der Waals surface area contributed by atoms with Gasteiger partial charge in [-0.05, 0) is 30.5 Å². The highest BCUT2D eigenvalue weighted by Gasteiger charge is 2.39. The van der Waals surface area contributed by atoms with Gasteiger partial charge in [0.25, 0.3) is 0 Å². The second-order valence-electron chi connectivity index (χ2n) is 4.53. The maximum Gasteiger partial charge on any atom is 0.192 e. The van der Waals surface area contributed by atoms with E-state index in [9.17, 15) is 4.39 Å². The number of aliphatic imine (C=N–C) groups is 1. The zero-order valence-corrected chi connectivity index (χ0v) is 9.99. The van der Waals surface area contributed by atoms with Crippen LogP contribution >= 0.6 is 11.6 Å². The number of hydrogen-bond donors (Lipinski definition) is 1. The van der Waals surface area contributed by atoms with Gasteiger partial charge in [-0.1, -0.05) is 17.7 Å². The molecular formula is C12H13ClFN3. The fourth-order valence-electron chi connectivity index (χ4n) is 2.29. The van der Waals surface area contributed by atoms with Gasteiger partial charge in [0, 0.05) is 6.04 Å². The summed E-state index contributed by atoms with van der Waals surface area (Å²) >= 11 is 5.69. The minimum atomic E-state index is -0.384. The number of benzene rings is 1. The van der Waals surface area contributed by atoms with E-state index in [2.05, 4.69) is 9.89 Å². The highest BCUT2D eigenvalue weighted by Crippen LogP contribution is 2.37. The highest BCUT2D eigenvalue weighted by atomic mass is 35.5. The summed E-state index contributed by atoms with van der Waals surface area (Å²) in [4.78, 5) is 6.35. The number of guanidine groups is 1. The van der Waals surface area contributed by atoms with Gasteiger partial charge in [-0.25, -0.2) is 4.39 Å². The van der Waals surface area contributed by atoms with E-state index in [1.54, 1.807) is 6.07 Å². The topological polar surface area (TPSA) is 41.6 Å². The standard InChI is InChI=1S/C12H13ClFN3/c13-9-4-1-7(5-10(9)14)11-6-16-12(15)17(11)8-2-3-8/h1,4-5,8,11H,2-3,6H2,(H2,15,16). The summed E-state index contributed by atoms with van der Waals surface area (Å²) in [5.74, 6) is 0.193. The number of nitrogens with zero attached hydrogens (tertiary/aromatic N) is 2. The Balaban J connectivity index is 1.91. The maximum atomic E-state index is 13.5. The number of hydrogen-bond acceptors (Lipinski definition) is 3. The molecule has 1 fully saturated rings. The Hall–Kier alpha value is -1.29. The lowest BCUT2D eigenvalue weighted by Crippen LogP contribution is -2.37. The Morgan fingerprint density at radius 2 is 2.18 bits per heavy atom. The van der Waals surface area contributed by atoms with Crippen LogP contribution in [0.4, 0.5) is 4.39 Å². The van der Waals surface area contributed by atoms with Gasteiger partial charge in [0.1, 0.15) is 5.82 Å². The lowest BCUT2D eigenvalue weighted by atomic mass is 10.1. The van der Waals surface area contributed by atoms with Crippen LogP contribution < -0.4 is 5.73 Å². The molecule has 17 heavy (non-hydrogen) atoms. The lowest BCUT2D eigenvalue weighted by Gasteiger charge is -2.26. The fraction of sp³-hybridized carbons (Fsp3) is 0.417. The van der Waals surface area contributed by atoms with Crippen LogP contribution in [0.2, 0.25) is 5.02 Å². The summed E-state index contributed by atoms with van der Waals surface area (Å²) in [5.41, 5.74) is 6.76. The molecule has 1 aromatic carbocycles. The summed E-state index contributed by atoms with van der Waals surface area (Å²) in [6.07, 6.45) is 2.28. The van der Waals surface area contributed by atoms with E-state index in [-0.39, 0.29) is 16.9 Å². The van der Waals surface area contributed by atoms with Crippen LogP contribution in [0.5, 0.6) is 0 Å². The molecule has 2 N–H and O–H groups in total. The molecule has 0 bridgehead atoms. The zero-order chi connectivity index (χ0) is 12.0. The van der Waals surface area contributed by atoms with Crippen molar-refractivity contribution in [2.45, 2.75) is 24.9 Å². The molecule has 3 rings (SSSR count). The molecule has 2 aliphatic rings. The van der Waals surface area contributed by atoms with Gasteiger partial charge in [-0.2, -0.15) is 0 Å². The quantitative estimate of drug-likeness (QED) is 0.879. The van der Waals surface area contributed by atoms with Gasteiger partial charge in [-0.3, -0.25) is 4.99 Å². The summed E-state index contributed by atoms with van der Waals surface area (Å²) in [6.45, 7) is 0.601. The highest BCUT2D eigenvalue weighted by molar-refractivity contribution is 6.30. The van der Waals surface area contributed by atoms with Crippen LogP contribution in [0.25, 0.3) is 0 Å². The Labute approximate surface area is 104 Å². The van der Waals surface area contributed by atoms with Crippen molar-refractivity contribution in [1.82, 2.24) is 4.90 Å². The van der Waals surface area contributed by atoms with Crippen LogP contribution in [0, 0.1) is 5.82 Å². The molecule has 1 saturated carbocycles. The Morgan fingerprint density at radius 1 is 1.41 bits per heavy atom. The predicted octanol–water partition coefficient (Wildman–Crippen LogP) is 2.31. The second-order valence-corrected chi connectivity index (χ2v) is 4.93. The smallest absolute Gasteiger partial charge is 0.192 e. The van der Waals surface area contributed by atoms with E-state index in [1.807, 2.05) is 6.07 Å². The molecule has 3 nitrogen and oxygen atoms in total. The molecule has 1 heterocycles. The van der Waals surface area contributed by atoms with E-state index in [4.69, 9.17) is 17.3 Å². The van der Waals surface area contributed by atoms with Crippen molar-refractivity contribution in [2.75, 3.05) is 6.54 Å². The molecule has 1 unspecified atom stereocenters. The van der Waals surface area contributed by atoms with Crippen LogP contribution in [0.1, 0.15) is 24.4 Å². The third-order valence-corrected chi connectivity index (χ3v) is 3.60. The van der Waals surface area contributed by atoms with Crippen LogP contribution in [0.3, 0.4) is 0 Å². The van der Waals surface area contributed by atoms with E-state index >= 15 is 0 Å². The molecule has 5 heteroatoms. The first-order valence-corrected chi connectivity index (χ1v) is 6.08. The molecule has 0 saturated heterocycles. The van der Waals surface area contributed by atoms with Crippen molar-refractivity contribution in [3.8, 4) is 0 Å². The van der Waals surface area contributed by atoms with Crippen molar-refractivity contribution in [3.63, 3.8) is 0 Å². The third kappa shape index (κ3) is 1.86. The van der Waals surface area contributed by atoms with E-state index < -0.39 is 0 Å². The summed E-state index contributed by atoms with van der Waals surface area (Å²) < 4.78 is 13.5. The molecule has 90 valence electrons. The van der Waals surface area contributed by atoms with Gasteiger partial charge in [0.15, 0.2) is 5.96 Å².